The molecule has 6 heteroatoms. The molecule has 0 spiro atoms. The van der Waals surface area contributed by atoms with E-state index in [-0.39, 0.29) is 22.2 Å². The topological polar surface area (TPSA) is 63.4 Å². The number of nitrogens with zero attached hydrogens (tertiary/aromatic N) is 1. The minimum atomic E-state index is -3.61. The molecular formula is C14H21FN2O2S. The van der Waals surface area contributed by atoms with E-state index in [0.29, 0.717) is 6.54 Å². The molecule has 1 heterocycles. The lowest BCUT2D eigenvalue weighted by Gasteiger charge is -2.26. The number of hydrogen-bond donors (Lipinski definition) is 1. The van der Waals surface area contributed by atoms with Crippen LogP contribution in [-0.4, -0.2) is 25.3 Å². The Kier molecular flexibility index (Phi) is 4.34. The number of halogens is 1. The van der Waals surface area contributed by atoms with E-state index in [1.165, 1.54) is 23.4 Å². The van der Waals surface area contributed by atoms with Crippen LogP contribution in [0.25, 0.3) is 0 Å². The third-order valence-corrected chi connectivity index (χ3v) is 5.85. The van der Waals surface area contributed by atoms with E-state index in [0.717, 1.165) is 25.7 Å². The van der Waals surface area contributed by atoms with Gasteiger partial charge in [-0.2, -0.15) is 4.31 Å². The first-order valence-corrected chi connectivity index (χ1v) is 8.35. The van der Waals surface area contributed by atoms with Gasteiger partial charge in [-0.05, 0) is 44.4 Å². The van der Waals surface area contributed by atoms with Crippen LogP contribution >= 0.6 is 0 Å². The molecular weight excluding hydrogens is 279 g/mol. The van der Waals surface area contributed by atoms with E-state index in [9.17, 15) is 12.8 Å². The Morgan fingerprint density at radius 1 is 1.30 bits per heavy atom. The fourth-order valence-corrected chi connectivity index (χ4v) is 4.47. The molecule has 0 saturated carbocycles. The minimum absolute atomic E-state index is 0.0333. The predicted molar refractivity (Wildman–Crippen MR) is 77.4 cm³/mol. The van der Waals surface area contributed by atoms with Crippen molar-refractivity contribution < 1.29 is 12.8 Å². The molecule has 1 aliphatic heterocycles. The molecule has 1 unspecified atom stereocenters. The van der Waals surface area contributed by atoms with Gasteiger partial charge in [-0.25, -0.2) is 12.8 Å². The maximum absolute atomic E-state index is 13.5. The van der Waals surface area contributed by atoms with Crippen LogP contribution in [0.15, 0.2) is 17.0 Å². The quantitative estimate of drug-likeness (QED) is 0.854. The van der Waals surface area contributed by atoms with E-state index < -0.39 is 15.8 Å². The zero-order valence-electron chi connectivity index (χ0n) is 11.9. The predicted octanol–water partition coefficient (Wildman–Crippen LogP) is 2.67. The van der Waals surface area contributed by atoms with E-state index in [4.69, 9.17) is 5.73 Å². The summed E-state index contributed by atoms with van der Waals surface area (Å²) >= 11 is 0. The first kappa shape index (κ1) is 15.3. The zero-order valence-corrected chi connectivity index (χ0v) is 12.7. The van der Waals surface area contributed by atoms with Crippen LogP contribution in [0.5, 0.6) is 0 Å². The van der Waals surface area contributed by atoms with Crippen molar-refractivity contribution in [1.82, 2.24) is 4.31 Å². The minimum Gasteiger partial charge on any atom is -0.396 e. The number of nitrogens with two attached hydrogens (primary N) is 1. The van der Waals surface area contributed by atoms with Crippen LogP contribution in [-0.2, 0) is 10.0 Å². The van der Waals surface area contributed by atoms with E-state index >= 15 is 0 Å². The third kappa shape index (κ3) is 2.81. The molecule has 1 aromatic rings. The number of aryl methyl sites for hydroxylation is 1. The Morgan fingerprint density at radius 2 is 2.00 bits per heavy atom. The van der Waals surface area contributed by atoms with Crippen molar-refractivity contribution in [2.75, 3.05) is 12.3 Å². The van der Waals surface area contributed by atoms with Gasteiger partial charge in [0.05, 0.1) is 10.6 Å². The number of rotatable bonds is 2. The van der Waals surface area contributed by atoms with Gasteiger partial charge in [-0.15, -0.1) is 0 Å². The van der Waals surface area contributed by atoms with Gasteiger partial charge in [-0.1, -0.05) is 12.8 Å². The second-order valence-corrected chi connectivity index (χ2v) is 7.35. The summed E-state index contributed by atoms with van der Waals surface area (Å²) in [5.74, 6) is -0.548. The summed E-state index contributed by atoms with van der Waals surface area (Å²) in [7, 11) is -3.61. The second-order valence-electron chi connectivity index (χ2n) is 5.46. The molecule has 0 aromatic heterocycles. The Labute approximate surface area is 119 Å². The van der Waals surface area contributed by atoms with Crippen LogP contribution in [0.4, 0.5) is 10.1 Å². The first-order valence-electron chi connectivity index (χ1n) is 6.91. The number of hydrogen-bond acceptors (Lipinski definition) is 3. The third-order valence-electron chi connectivity index (χ3n) is 3.85. The maximum atomic E-state index is 13.5. The summed E-state index contributed by atoms with van der Waals surface area (Å²) in [6, 6.07) is 2.54. The molecule has 0 radical (unpaired) electrons. The summed E-state index contributed by atoms with van der Waals surface area (Å²) in [4.78, 5) is 0.0858. The summed E-state index contributed by atoms with van der Waals surface area (Å²) in [5, 5.41) is 0. The second kappa shape index (κ2) is 5.69. The molecule has 0 bridgehead atoms. The lowest BCUT2D eigenvalue weighted by molar-refractivity contribution is 0.342. The Morgan fingerprint density at radius 3 is 2.65 bits per heavy atom. The van der Waals surface area contributed by atoms with E-state index in [2.05, 4.69) is 0 Å². The van der Waals surface area contributed by atoms with Crippen molar-refractivity contribution in [2.24, 2.45) is 0 Å². The monoisotopic (exact) mass is 300 g/mol. The molecule has 112 valence electrons. The van der Waals surface area contributed by atoms with Gasteiger partial charge in [0.2, 0.25) is 10.0 Å². The van der Waals surface area contributed by atoms with Crippen LogP contribution in [0.1, 0.15) is 38.2 Å². The van der Waals surface area contributed by atoms with Crippen molar-refractivity contribution in [3.63, 3.8) is 0 Å². The lowest BCUT2D eigenvalue weighted by Crippen LogP contribution is -2.38. The Balaban J connectivity index is 2.43. The fourth-order valence-electron chi connectivity index (χ4n) is 2.65. The van der Waals surface area contributed by atoms with Crippen LogP contribution < -0.4 is 5.73 Å². The van der Waals surface area contributed by atoms with Gasteiger partial charge in [0, 0.05) is 12.6 Å². The van der Waals surface area contributed by atoms with E-state index in [1.54, 1.807) is 0 Å². The van der Waals surface area contributed by atoms with Crippen molar-refractivity contribution >= 4 is 15.7 Å². The summed E-state index contributed by atoms with van der Waals surface area (Å²) < 4.78 is 40.5. The normalized spacial score (nSPS) is 21.6. The molecule has 1 aliphatic rings. The van der Waals surface area contributed by atoms with Gasteiger partial charge in [-0.3, -0.25) is 0 Å². The Bertz CT molecular complexity index is 578. The highest BCUT2D eigenvalue weighted by Crippen LogP contribution is 2.27. The van der Waals surface area contributed by atoms with Crippen molar-refractivity contribution in [3.8, 4) is 0 Å². The van der Waals surface area contributed by atoms with Crippen LogP contribution in [0.3, 0.4) is 0 Å². The highest BCUT2D eigenvalue weighted by atomic mass is 32.2. The standard InChI is InChI=1S/C14H21FN2O2S/c1-10-8-12(9-13(16)14(10)15)20(18,19)17-7-5-3-4-6-11(17)2/h8-9,11H,3-7,16H2,1-2H3. The van der Waals surface area contributed by atoms with Crippen molar-refractivity contribution in [1.29, 1.82) is 0 Å². The maximum Gasteiger partial charge on any atom is 0.243 e. The fraction of sp³-hybridized carbons (Fsp3) is 0.571. The summed E-state index contributed by atoms with van der Waals surface area (Å²) in [5.41, 5.74) is 5.69. The molecule has 4 nitrogen and oxygen atoms in total. The summed E-state index contributed by atoms with van der Waals surface area (Å²) in [6.45, 7) is 3.96. The molecule has 1 saturated heterocycles. The number of anilines is 1. The first-order chi connectivity index (χ1) is 9.34. The van der Waals surface area contributed by atoms with Gasteiger partial charge in [0.15, 0.2) is 0 Å². The lowest BCUT2D eigenvalue weighted by atomic mass is 10.1. The molecule has 1 fully saturated rings. The highest BCUT2D eigenvalue weighted by molar-refractivity contribution is 7.89. The zero-order chi connectivity index (χ0) is 14.9. The molecule has 2 rings (SSSR count). The molecule has 1 atom stereocenters. The van der Waals surface area contributed by atoms with Gasteiger partial charge < -0.3 is 5.73 Å². The number of sulfonamides is 1. The summed E-state index contributed by atoms with van der Waals surface area (Å²) in [6.07, 6.45) is 3.80. The molecule has 2 N–H and O–H groups in total. The molecule has 20 heavy (non-hydrogen) atoms. The molecule has 0 amide bonds. The van der Waals surface area contributed by atoms with E-state index in [1.807, 2.05) is 6.92 Å². The van der Waals surface area contributed by atoms with Gasteiger partial charge >= 0.3 is 0 Å². The molecule has 0 aliphatic carbocycles. The largest absolute Gasteiger partial charge is 0.396 e. The molecule has 1 aromatic carbocycles. The number of nitrogen functional groups attached to an aromatic ring is 1. The smallest absolute Gasteiger partial charge is 0.243 e. The average molecular weight is 300 g/mol. The van der Waals surface area contributed by atoms with Crippen LogP contribution in [0.2, 0.25) is 0 Å². The van der Waals surface area contributed by atoms with Crippen LogP contribution in [0, 0.1) is 12.7 Å². The number of benzene rings is 1. The van der Waals surface area contributed by atoms with Gasteiger partial charge in [0.25, 0.3) is 0 Å². The highest BCUT2D eigenvalue weighted by Gasteiger charge is 2.30. The van der Waals surface area contributed by atoms with Gasteiger partial charge in [0.1, 0.15) is 5.82 Å². The average Bonchev–Trinajstić information content (AvgIpc) is 2.60. The SMILES string of the molecule is Cc1cc(S(=O)(=O)N2CCCCCC2C)cc(N)c1F. The van der Waals surface area contributed by atoms with Crippen molar-refractivity contribution in [2.45, 2.75) is 50.5 Å². The Hall–Kier alpha value is -1.14. The van der Waals surface area contributed by atoms with Crippen molar-refractivity contribution in [3.05, 3.63) is 23.5 Å².